The molecule has 2 aromatic rings. The van der Waals surface area contributed by atoms with Gasteiger partial charge in [-0.1, -0.05) is 41.3 Å². The molecule has 0 unspecified atom stereocenters. The van der Waals surface area contributed by atoms with Gasteiger partial charge < -0.3 is 14.8 Å². The Balaban J connectivity index is 1.72. The van der Waals surface area contributed by atoms with Crippen molar-refractivity contribution in [2.45, 2.75) is 18.2 Å². The molecule has 22 heavy (non-hydrogen) atoms. The first-order valence-electron chi connectivity index (χ1n) is 7.09. The van der Waals surface area contributed by atoms with Crippen LogP contribution in [0.4, 0.5) is 5.13 Å². The third-order valence-electron chi connectivity index (χ3n) is 2.95. The Morgan fingerprint density at radius 1 is 1.18 bits per heavy atom. The molecule has 0 aliphatic heterocycles. The standard InChI is InChI=1S/C15H21N3O2S2/c1-11-5-4-6-12(2)13(11)20-9-10-21-15-18-17-14(22-15)16-7-8-19-3/h4-6H,7-10H2,1-3H3,(H,16,17). The molecule has 1 N–H and O–H groups in total. The number of ether oxygens (including phenoxy) is 2. The summed E-state index contributed by atoms with van der Waals surface area (Å²) in [5.74, 6) is 1.84. The van der Waals surface area contributed by atoms with Crippen molar-refractivity contribution in [3.05, 3.63) is 29.3 Å². The van der Waals surface area contributed by atoms with Crippen molar-refractivity contribution in [1.29, 1.82) is 0 Å². The number of methoxy groups -OCH3 is 1. The minimum atomic E-state index is 0.655. The average molecular weight is 339 g/mol. The van der Waals surface area contributed by atoms with Crippen LogP contribution in [-0.2, 0) is 4.74 Å². The maximum absolute atomic E-state index is 5.88. The topological polar surface area (TPSA) is 56.3 Å². The van der Waals surface area contributed by atoms with E-state index in [1.54, 1.807) is 30.2 Å². The Morgan fingerprint density at radius 2 is 1.95 bits per heavy atom. The largest absolute Gasteiger partial charge is 0.492 e. The fourth-order valence-corrected chi connectivity index (χ4v) is 3.56. The minimum absolute atomic E-state index is 0.655. The summed E-state index contributed by atoms with van der Waals surface area (Å²) in [7, 11) is 1.68. The molecule has 0 radical (unpaired) electrons. The van der Waals surface area contributed by atoms with Crippen molar-refractivity contribution >= 4 is 28.2 Å². The van der Waals surface area contributed by atoms with Gasteiger partial charge >= 0.3 is 0 Å². The van der Waals surface area contributed by atoms with Gasteiger partial charge in [0, 0.05) is 19.4 Å². The van der Waals surface area contributed by atoms with E-state index in [0.717, 1.165) is 27.5 Å². The van der Waals surface area contributed by atoms with Crippen molar-refractivity contribution in [2.75, 3.05) is 37.9 Å². The van der Waals surface area contributed by atoms with E-state index in [1.807, 2.05) is 6.07 Å². The number of nitrogens with zero attached hydrogens (tertiary/aromatic N) is 2. The van der Waals surface area contributed by atoms with E-state index in [0.29, 0.717) is 13.2 Å². The molecule has 0 bridgehead atoms. The molecule has 0 atom stereocenters. The van der Waals surface area contributed by atoms with Gasteiger partial charge in [-0.25, -0.2) is 0 Å². The summed E-state index contributed by atoms with van der Waals surface area (Å²) >= 11 is 3.21. The van der Waals surface area contributed by atoms with Crippen molar-refractivity contribution in [3.63, 3.8) is 0 Å². The molecule has 2 rings (SSSR count). The molecule has 0 fully saturated rings. The summed E-state index contributed by atoms with van der Waals surface area (Å²) in [5, 5.41) is 12.2. The number of para-hydroxylation sites is 1. The molecule has 1 aromatic heterocycles. The number of rotatable bonds is 9. The summed E-state index contributed by atoms with van der Waals surface area (Å²) in [4.78, 5) is 0. The van der Waals surface area contributed by atoms with E-state index in [2.05, 4.69) is 41.5 Å². The van der Waals surface area contributed by atoms with Crippen LogP contribution in [0.15, 0.2) is 22.5 Å². The Bertz CT molecular complexity index is 570. The van der Waals surface area contributed by atoms with Crippen LogP contribution in [0.3, 0.4) is 0 Å². The number of aromatic nitrogens is 2. The van der Waals surface area contributed by atoms with Crippen LogP contribution < -0.4 is 10.1 Å². The van der Waals surface area contributed by atoms with Crippen molar-refractivity contribution < 1.29 is 9.47 Å². The van der Waals surface area contributed by atoms with Crippen LogP contribution in [0.25, 0.3) is 0 Å². The highest BCUT2D eigenvalue weighted by atomic mass is 32.2. The molecule has 0 aliphatic rings. The molecule has 1 heterocycles. The third kappa shape index (κ3) is 5.15. The van der Waals surface area contributed by atoms with Crippen molar-refractivity contribution in [1.82, 2.24) is 10.2 Å². The maximum Gasteiger partial charge on any atom is 0.206 e. The first-order chi connectivity index (χ1) is 10.7. The second-order valence-electron chi connectivity index (χ2n) is 4.71. The summed E-state index contributed by atoms with van der Waals surface area (Å²) in [6, 6.07) is 6.18. The smallest absolute Gasteiger partial charge is 0.206 e. The number of hydrogen-bond acceptors (Lipinski definition) is 7. The lowest BCUT2D eigenvalue weighted by Gasteiger charge is -2.11. The number of benzene rings is 1. The molecule has 0 spiro atoms. The van der Waals surface area contributed by atoms with Crippen molar-refractivity contribution in [3.8, 4) is 5.75 Å². The van der Waals surface area contributed by atoms with Gasteiger partial charge in [0.1, 0.15) is 5.75 Å². The zero-order valence-electron chi connectivity index (χ0n) is 13.1. The van der Waals surface area contributed by atoms with Gasteiger partial charge in [0.25, 0.3) is 0 Å². The average Bonchev–Trinajstić information content (AvgIpc) is 2.94. The summed E-state index contributed by atoms with van der Waals surface area (Å²) in [6.07, 6.45) is 0. The van der Waals surface area contributed by atoms with Gasteiger partial charge in [-0.05, 0) is 25.0 Å². The van der Waals surface area contributed by atoms with E-state index in [-0.39, 0.29) is 0 Å². The second kappa shape index (κ2) is 8.97. The van der Waals surface area contributed by atoms with E-state index in [4.69, 9.17) is 9.47 Å². The molecule has 0 amide bonds. The van der Waals surface area contributed by atoms with Crippen LogP contribution in [0.2, 0.25) is 0 Å². The SMILES string of the molecule is COCCNc1nnc(SCCOc2c(C)cccc2C)s1. The molecular formula is C15H21N3O2S2. The van der Waals surface area contributed by atoms with E-state index in [9.17, 15) is 0 Å². The highest BCUT2D eigenvalue weighted by Gasteiger charge is 2.06. The number of hydrogen-bond donors (Lipinski definition) is 1. The maximum atomic E-state index is 5.88. The van der Waals surface area contributed by atoms with Gasteiger partial charge in [-0.2, -0.15) is 0 Å². The van der Waals surface area contributed by atoms with E-state index >= 15 is 0 Å². The normalized spacial score (nSPS) is 10.7. The van der Waals surface area contributed by atoms with Crippen LogP contribution in [0, 0.1) is 13.8 Å². The Labute approximate surface area is 139 Å². The fraction of sp³-hybridized carbons (Fsp3) is 0.467. The van der Waals surface area contributed by atoms with Crippen LogP contribution in [-0.4, -0.2) is 42.8 Å². The summed E-state index contributed by atoms with van der Waals surface area (Å²) < 4.78 is 11.8. The third-order valence-corrected chi connectivity index (χ3v) is 4.93. The zero-order valence-corrected chi connectivity index (χ0v) is 14.7. The molecule has 1 aromatic carbocycles. The monoisotopic (exact) mass is 339 g/mol. The molecule has 0 aliphatic carbocycles. The van der Waals surface area contributed by atoms with Crippen molar-refractivity contribution in [2.24, 2.45) is 0 Å². The molecule has 120 valence electrons. The van der Waals surface area contributed by atoms with Crippen LogP contribution in [0.1, 0.15) is 11.1 Å². The molecule has 0 saturated carbocycles. The Kier molecular flexibility index (Phi) is 6.95. The van der Waals surface area contributed by atoms with Gasteiger partial charge in [-0.15, -0.1) is 10.2 Å². The quantitative estimate of drug-likeness (QED) is 0.558. The second-order valence-corrected chi connectivity index (χ2v) is 7.03. The lowest BCUT2D eigenvalue weighted by Crippen LogP contribution is -2.06. The van der Waals surface area contributed by atoms with Gasteiger partial charge in [0.05, 0.1) is 13.2 Å². The highest BCUT2D eigenvalue weighted by molar-refractivity contribution is 8.01. The minimum Gasteiger partial charge on any atom is -0.492 e. The number of nitrogens with one attached hydrogen (secondary N) is 1. The van der Waals surface area contributed by atoms with Crippen LogP contribution in [0.5, 0.6) is 5.75 Å². The predicted octanol–water partition coefficient (Wildman–Crippen LogP) is 3.38. The van der Waals surface area contributed by atoms with E-state index in [1.165, 1.54) is 11.1 Å². The number of thioether (sulfide) groups is 1. The first-order valence-corrected chi connectivity index (χ1v) is 8.89. The van der Waals surface area contributed by atoms with Crippen LogP contribution >= 0.6 is 23.1 Å². The number of aryl methyl sites for hydroxylation is 2. The van der Waals surface area contributed by atoms with Gasteiger partial charge in [-0.3, -0.25) is 0 Å². The molecule has 0 saturated heterocycles. The highest BCUT2D eigenvalue weighted by Crippen LogP contribution is 2.26. The van der Waals surface area contributed by atoms with Gasteiger partial charge in [0.15, 0.2) is 4.34 Å². The lowest BCUT2D eigenvalue weighted by atomic mass is 10.1. The summed E-state index contributed by atoms with van der Waals surface area (Å²) in [6.45, 7) is 6.19. The molecule has 5 nitrogen and oxygen atoms in total. The lowest BCUT2D eigenvalue weighted by molar-refractivity contribution is 0.211. The molecule has 7 heteroatoms. The fourth-order valence-electron chi connectivity index (χ4n) is 1.90. The zero-order chi connectivity index (χ0) is 15.8. The summed E-state index contributed by atoms with van der Waals surface area (Å²) in [5.41, 5.74) is 2.34. The Morgan fingerprint density at radius 3 is 2.68 bits per heavy atom. The predicted molar refractivity (Wildman–Crippen MR) is 92.4 cm³/mol. The van der Waals surface area contributed by atoms with Gasteiger partial charge in [0.2, 0.25) is 5.13 Å². The molecular weight excluding hydrogens is 318 g/mol. The van der Waals surface area contributed by atoms with E-state index < -0.39 is 0 Å². The Hall–Kier alpha value is -1.31. The first kappa shape index (κ1) is 17.1. The number of anilines is 1.